The zero-order valence-corrected chi connectivity index (χ0v) is 15.2. The van der Waals surface area contributed by atoms with Crippen molar-refractivity contribution in [2.75, 3.05) is 39.5 Å². The molecule has 3 N–H and O–H groups in total. The first-order valence-electron chi connectivity index (χ1n) is 9.23. The van der Waals surface area contributed by atoms with Crippen molar-refractivity contribution in [1.82, 2.24) is 10.6 Å². The molecule has 1 saturated heterocycles. The molecule has 1 aliphatic rings. The average Bonchev–Trinajstić information content (AvgIpc) is 2.64. The number of benzene rings is 1. The van der Waals surface area contributed by atoms with Crippen LogP contribution in [0, 0.1) is 5.92 Å². The second-order valence-electron chi connectivity index (χ2n) is 6.27. The Morgan fingerprint density at radius 1 is 1.24 bits per heavy atom. The Labute approximate surface area is 150 Å². The third-order valence-corrected chi connectivity index (χ3v) is 4.15. The Balaban J connectivity index is 1.61. The molecule has 2 rings (SSSR count). The van der Waals surface area contributed by atoms with Crippen LogP contribution in [-0.4, -0.2) is 50.6 Å². The molecule has 140 valence electrons. The third-order valence-electron chi connectivity index (χ3n) is 4.15. The van der Waals surface area contributed by atoms with E-state index in [2.05, 4.69) is 22.5 Å². The van der Waals surface area contributed by atoms with Gasteiger partial charge >= 0.3 is 0 Å². The lowest BCUT2D eigenvalue weighted by Gasteiger charge is -2.21. The van der Waals surface area contributed by atoms with Gasteiger partial charge in [0, 0.05) is 39.5 Å². The number of rotatable bonds is 9. The number of nitrogens with zero attached hydrogens (tertiary/aromatic N) is 1. The van der Waals surface area contributed by atoms with Crippen LogP contribution in [0.25, 0.3) is 0 Å². The molecule has 0 spiro atoms. The molecule has 25 heavy (non-hydrogen) atoms. The zero-order chi connectivity index (χ0) is 17.7. The number of phenols is 1. The highest BCUT2D eigenvalue weighted by Gasteiger charge is 2.13. The minimum absolute atomic E-state index is 0.276. The largest absolute Gasteiger partial charge is 0.508 e. The minimum Gasteiger partial charge on any atom is -0.508 e. The Morgan fingerprint density at radius 2 is 2.00 bits per heavy atom. The van der Waals surface area contributed by atoms with Crippen LogP contribution in [0.3, 0.4) is 0 Å². The van der Waals surface area contributed by atoms with Crippen molar-refractivity contribution >= 4 is 5.96 Å². The summed E-state index contributed by atoms with van der Waals surface area (Å²) in [6.45, 7) is 7.64. The maximum Gasteiger partial charge on any atom is 0.191 e. The smallest absolute Gasteiger partial charge is 0.191 e. The predicted molar refractivity (Wildman–Crippen MR) is 99.9 cm³/mol. The van der Waals surface area contributed by atoms with Crippen LogP contribution in [0.15, 0.2) is 29.3 Å². The molecule has 0 saturated carbocycles. The van der Waals surface area contributed by atoms with Crippen LogP contribution in [-0.2, 0) is 16.0 Å². The second-order valence-corrected chi connectivity index (χ2v) is 6.27. The van der Waals surface area contributed by atoms with Gasteiger partial charge in [-0.15, -0.1) is 0 Å². The summed E-state index contributed by atoms with van der Waals surface area (Å²) in [6, 6.07) is 7.13. The molecular formula is C19H31N3O3. The minimum atomic E-state index is 0.276. The number of hydrogen-bond donors (Lipinski definition) is 3. The SMILES string of the molecule is CCNC(=NCc1ccc(O)cc1)NCCCOCC1CCOCC1. The van der Waals surface area contributed by atoms with E-state index in [-0.39, 0.29) is 5.75 Å². The van der Waals surface area contributed by atoms with E-state index in [1.807, 2.05) is 12.1 Å². The van der Waals surface area contributed by atoms with Crippen molar-refractivity contribution in [3.05, 3.63) is 29.8 Å². The summed E-state index contributed by atoms with van der Waals surface area (Å²) < 4.78 is 11.1. The highest BCUT2D eigenvalue weighted by Crippen LogP contribution is 2.14. The first-order valence-corrected chi connectivity index (χ1v) is 9.23. The molecule has 1 aromatic carbocycles. The molecule has 1 aliphatic heterocycles. The van der Waals surface area contributed by atoms with Crippen molar-refractivity contribution in [1.29, 1.82) is 0 Å². The van der Waals surface area contributed by atoms with E-state index in [1.54, 1.807) is 12.1 Å². The summed E-state index contributed by atoms with van der Waals surface area (Å²) in [6.07, 6.45) is 3.19. The van der Waals surface area contributed by atoms with E-state index in [1.165, 1.54) is 0 Å². The molecule has 0 aromatic heterocycles. The van der Waals surface area contributed by atoms with Gasteiger partial charge in [-0.1, -0.05) is 12.1 Å². The molecule has 0 aliphatic carbocycles. The average molecular weight is 349 g/mol. The van der Waals surface area contributed by atoms with Crippen molar-refractivity contribution in [3.8, 4) is 5.75 Å². The fraction of sp³-hybridized carbons (Fsp3) is 0.632. The molecule has 0 amide bonds. The number of aliphatic imine (C=N–C) groups is 1. The Bertz CT molecular complexity index is 499. The van der Waals surface area contributed by atoms with E-state index >= 15 is 0 Å². The zero-order valence-electron chi connectivity index (χ0n) is 15.2. The van der Waals surface area contributed by atoms with Crippen molar-refractivity contribution in [3.63, 3.8) is 0 Å². The molecule has 0 bridgehead atoms. The molecule has 6 nitrogen and oxygen atoms in total. The number of guanidine groups is 1. The number of hydrogen-bond acceptors (Lipinski definition) is 4. The number of nitrogens with one attached hydrogen (secondary N) is 2. The van der Waals surface area contributed by atoms with Crippen LogP contribution in [0.1, 0.15) is 31.7 Å². The number of ether oxygens (including phenoxy) is 2. The lowest BCUT2D eigenvalue weighted by molar-refractivity contribution is 0.0203. The number of phenolic OH excluding ortho intramolecular Hbond substituents is 1. The topological polar surface area (TPSA) is 75.1 Å². The lowest BCUT2D eigenvalue weighted by Crippen LogP contribution is -2.38. The molecule has 1 heterocycles. The van der Waals surface area contributed by atoms with Crippen LogP contribution in [0.4, 0.5) is 0 Å². The molecule has 1 aromatic rings. The predicted octanol–water partition coefficient (Wildman–Crippen LogP) is 2.28. The Morgan fingerprint density at radius 3 is 2.72 bits per heavy atom. The van der Waals surface area contributed by atoms with Crippen LogP contribution < -0.4 is 10.6 Å². The molecule has 1 fully saturated rings. The van der Waals surface area contributed by atoms with Gasteiger partial charge in [-0.2, -0.15) is 0 Å². The molecule has 0 radical (unpaired) electrons. The van der Waals surface area contributed by atoms with E-state index in [4.69, 9.17) is 9.47 Å². The second kappa shape index (κ2) is 11.7. The van der Waals surface area contributed by atoms with Crippen molar-refractivity contribution in [2.45, 2.75) is 32.7 Å². The van der Waals surface area contributed by atoms with Gasteiger partial charge in [-0.05, 0) is 49.8 Å². The first kappa shape index (κ1) is 19.5. The van der Waals surface area contributed by atoms with Gasteiger partial charge < -0.3 is 25.2 Å². The van der Waals surface area contributed by atoms with Gasteiger partial charge in [0.15, 0.2) is 5.96 Å². The molecule has 0 atom stereocenters. The van der Waals surface area contributed by atoms with E-state index in [9.17, 15) is 5.11 Å². The van der Waals surface area contributed by atoms with E-state index in [0.29, 0.717) is 12.5 Å². The third kappa shape index (κ3) is 8.23. The summed E-state index contributed by atoms with van der Waals surface area (Å²) in [5, 5.41) is 15.9. The van der Waals surface area contributed by atoms with Gasteiger partial charge in [-0.3, -0.25) is 0 Å². The highest BCUT2D eigenvalue weighted by atomic mass is 16.5. The van der Waals surface area contributed by atoms with Gasteiger partial charge in [-0.25, -0.2) is 4.99 Å². The summed E-state index contributed by atoms with van der Waals surface area (Å²) >= 11 is 0. The summed E-state index contributed by atoms with van der Waals surface area (Å²) in [4.78, 5) is 4.56. The summed E-state index contributed by atoms with van der Waals surface area (Å²) in [5.41, 5.74) is 1.06. The summed E-state index contributed by atoms with van der Waals surface area (Å²) in [5.74, 6) is 1.74. The normalized spacial score (nSPS) is 16.0. The van der Waals surface area contributed by atoms with Crippen LogP contribution >= 0.6 is 0 Å². The van der Waals surface area contributed by atoms with Gasteiger partial charge in [0.05, 0.1) is 6.54 Å². The maximum atomic E-state index is 9.31. The van der Waals surface area contributed by atoms with Crippen LogP contribution in [0.5, 0.6) is 5.75 Å². The quantitative estimate of drug-likeness (QED) is 0.362. The van der Waals surface area contributed by atoms with Gasteiger partial charge in [0.1, 0.15) is 5.75 Å². The highest BCUT2D eigenvalue weighted by molar-refractivity contribution is 5.79. The van der Waals surface area contributed by atoms with E-state index in [0.717, 1.165) is 70.3 Å². The molecular weight excluding hydrogens is 318 g/mol. The maximum absolute atomic E-state index is 9.31. The fourth-order valence-electron chi connectivity index (χ4n) is 2.66. The van der Waals surface area contributed by atoms with E-state index < -0.39 is 0 Å². The lowest BCUT2D eigenvalue weighted by atomic mass is 10.0. The Hall–Kier alpha value is -1.79. The first-order chi connectivity index (χ1) is 12.3. The van der Waals surface area contributed by atoms with Gasteiger partial charge in [0.25, 0.3) is 0 Å². The van der Waals surface area contributed by atoms with Crippen molar-refractivity contribution in [2.24, 2.45) is 10.9 Å². The van der Waals surface area contributed by atoms with Crippen LogP contribution in [0.2, 0.25) is 0 Å². The fourth-order valence-corrected chi connectivity index (χ4v) is 2.66. The van der Waals surface area contributed by atoms with Crippen molar-refractivity contribution < 1.29 is 14.6 Å². The number of aromatic hydroxyl groups is 1. The van der Waals surface area contributed by atoms with Gasteiger partial charge in [0.2, 0.25) is 0 Å². The Kier molecular flexibility index (Phi) is 9.15. The molecule has 0 unspecified atom stereocenters. The summed E-state index contributed by atoms with van der Waals surface area (Å²) in [7, 11) is 0. The standard InChI is InChI=1S/C19H31N3O3/c1-2-20-19(22-14-16-4-6-18(23)7-5-16)21-10-3-11-25-15-17-8-12-24-13-9-17/h4-7,17,23H,2-3,8-15H2,1H3,(H2,20,21,22). The monoisotopic (exact) mass is 349 g/mol. The molecule has 6 heteroatoms.